The predicted octanol–water partition coefficient (Wildman–Crippen LogP) is 2.18. The van der Waals surface area contributed by atoms with Crippen LogP contribution in [0.25, 0.3) is 0 Å². The summed E-state index contributed by atoms with van der Waals surface area (Å²) in [5.74, 6) is 0.173. The first kappa shape index (κ1) is 20.4. The van der Waals surface area contributed by atoms with Crippen molar-refractivity contribution in [3.8, 4) is 0 Å². The fraction of sp³-hybridized carbons (Fsp3) is 0.435. The summed E-state index contributed by atoms with van der Waals surface area (Å²) in [5.41, 5.74) is 1.70. The molecule has 2 amide bonds. The Morgan fingerprint density at radius 1 is 1.25 bits per heavy atom. The molecule has 1 saturated carbocycles. The van der Waals surface area contributed by atoms with Gasteiger partial charge in [0, 0.05) is 42.7 Å². The number of pyridine rings is 1. The molecule has 4 heterocycles. The Morgan fingerprint density at radius 3 is 2.81 bits per heavy atom. The van der Waals surface area contributed by atoms with Crippen LogP contribution in [0, 0.1) is 18.3 Å². The van der Waals surface area contributed by atoms with E-state index in [9.17, 15) is 9.59 Å². The predicted molar refractivity (Wildman–Crippen MR) is 114 cm³/mol. The van der Waals surface area contributed by atoms with E-state index in [1.807, 2.05) is 30.5 Å². The van der Waals surface area contributed by atoms with Gasteiger partial charge in [-0.1, -0.05) is 17.6 Å². The molecule has 9 heteroatoms. The first-order valence-electron chi connectivity index (χ1n) is 11.0. The van der Waals surface area contributed by atoms with E-state index in [1.165, 1.54) is 0 Å². The lowest BCUT2D eigenvalue weighted by molar-refractivity contribution is -0.129. The van der Waals surface area contributed by atoms with Gasteiger partial charge in [0.05, 0.1) is 24.7 Å². The van der Waals surface area contributed by atoms with Gasteiger partial charge in [0.25, 0.3) is 5.91 Å². The standard InChI is InChI=1S/C23H26N6O3/c1-16-18(13-29-11-5-10-26-29)20(27-32-16)22(31)28-14-19(23(15-28)7-4-8-23)21(30)25-12-17-6-2-3-9-24-17/h2-3,5-6,9-11,19H,4,7-8,12-15H2,1H3,(H,25,30). The van der Waals surface area contributed by atoms with Gasteiger partial charge in [-0.25, -0.2) is 0 Å². The van der Waals surface area contributed by atoms with Crippen molar-refractivity contribution in [2.45, 2.75) is 39.3 Å². The highest BCUT2D eigenvalue weighted by Gasteiger charge is 2.54. The van der Waals surface area contributed by atoms with Crippen LogP contribution >= 0.6 is 0 Å². The van der Waals surface area contributed by atoms with Crippen molar-refractivity contribution < 1.29 is 14.1 Å². The van der Waals surface area contributed by atoms with Crippen LogP contribution in [-0.4, -0.2) is 49.7 Å². The largest absolute Gasteiger partial charge is 0.361 e. The van der Waals surface area contributed by atoms with Gasteiger partial charge in [-0.05, 0) is 38.0 Å². The SMILES string of the molecule is Cc1onc(C(=O)N2CC(C(=O)NCc3ccccn3)C3(CCC3)C2)c1Cn1cccn1. The molecule has 2 aliphatic rings. The van der Waals surface area contributed by atoms with Gasteiger partial charge in [0.1, 0.15) is 5.76 Å². The summed E-state index contributed by atoms with van der Waals surface area (Å²) < 4.78 is 7.09. The van der Waals surface area contributed by atoms with Gasteiger partial charge in [-0.2, -0.15) is 5.10 Å². The van der Waals surface area contributed by atoms with E-state index >= 15 is 0 Å². The van der Waals surface area contributed by atoms with Crippen molar-refractivity contribution in [1.29, 1.82) is 0 Å². The Morgan fingerprint density at radius 2 is 2.12 bits per heavy atom. The molecule has 5 rings (SSSR count). The van der Waals surface area contributed by atoms with Crippen LogP contribution < -0.4 is 5.32 Å². The number of hydrogen-bond acceptors (Lipinski definition) is 6. The van der Waals surface area contributed by atoms with Crippen molar-refractivity contribution in [2.75, 3.05) is 13.1 Å². The third-order valence-corrected chi connectivity index (χ3v) is 6.84. The molecule has 0 radical (unpaired) electrons. The van der Waals surface area contributed by atoms with E-state index in [0.29, 0.717) is 37.6 Å². The minimum Gasteiger partial charge on any atom is -0.361 e. The van der Waals surface area contributed by atoms with E-state index in [1.54, 1.807) is 28.9 Å². The Hall–Kier alpha value is -3.49. The molecule has 2 fully saturated rings. The van der Waals surface area contributed by atoms with Gasteiger partial charge >= 0.3 is 0 Å². The van der Waals surface area contributed by atoms with Gasteiger partial charge < -0.3 is 14.7 Å². The van der Waals surface area contributed by atoms with Gasteiger partial charge in [0.15, 0.2) is 5.69 Å². The van der Waals surface area contributed by atoms with Crippen molar-refractivity contribution in [3.63, 3.8) is 0 Å². The molecule has 1 aliphatic carbocycles. The van der Waals surface area contributed by atoms with Crippen LogP contribution in [0.2, 0.25) is 0 Å². The number of carbonyl (C=O) groups is 2. The molecule has 1 aliphatic heterocycles. The molecule has 3 aromatic rings. The molecular formula is C23H26N6O3. The topological polar surface area (TPSA) is 106 Å². The smallest absolute Gasteiger partial charge is 0.276 e. The van der Waals surface area contributed by atoms with E-state index < -0.39 is 0 Å². The summed E-state index contributed by atoms with van der Waals surface area (Å²) in [7, 11) is 0. The summed E-state index contributed by atoms with van der Waals surface area (Å²) in [5, 5.41) is 11.3. The summed E-state index contributed by atoms with van der Waals surface area (Å²) in [4.78, 5) is 32.5. The third kappa shape index (κ3) is 3.68. The number of likely N-dealkylation sites (tertiary alicyclic amines) is 1. The third-order valence-electron chi connectivity index (χ3n) is 6.84. The number of amides is 2. The Balaban J connectivity index is 1.31. The van der Waals surface area contributed by atoms with Gasteiger partial charge in [-0.3, -0.25) is 19.3 Å². The summed E-state index contributed by atoms with van der Waals surface area (Å²) in [6.45, 7) is 3.56. The normalized spacial score (nSPS) is 19.2. The second-order valence-electron chi connectivity index (χ2n) is 8.76. The van der Waals surface area contributed by atoms with Crippen molar-refractivity contribution in [3.05, 3.63) is 65.6 Å². The van der Waals surface area contributed by atoms with Crippen LogP contribution in [0.1, 0.15) is 46.8 Å². The van der Waals surface area contributed by atoms with Crippen LogP contribution in [-0.2, 0) is 17.9 Å². The van der Waals surface area contributed by atoms with Gasteiger partial charge in [-0.15, -0.1) is 0 Å². The van der Waals surface area contributed by atoms with Crippen LogP contribution in [0.4, 0.5) is 0 Å². The summed E-state index contributed by atoms with van der Waals surface area (Å²) in [6.07, 6.45) is 8.24. The highest BCUT2D eigenvalue weighted by atomic mass is 16.5. The highest BCUT2D eigenvalue weighted by molar-refractivity contribution is 5.95. The zero-order valence-corrected chi connectivity index (χ0v) is 18.0. The van der Waals surface area contributed by atoms with E-state index in [-0.39, 0.29) is 23.1 Å². The molecule has 3 aromatic heterocycles. The fourth-order valence-electron chi connectivity index (χ4n) is 4.88. The Kier molecular flexibility index (Phi) is 5.24. The number of rotatable bonds is 6. The Bertz CT molecular complexity index is 1100. The van der Waals surface area contributed by atoms with E-state index in [2.05, 4.69) is 20.6 Å². The lowest BCUT2D eigenvalue weighted by Gasteiger charge is -2.41. The molecule has 9 nitrogen and oxygen atoms in total. The summed E-state index contributed by atoms with van der Waals surface area (Å²) in [6, 6.07) is 7.47. The minimum atomic E-state index is -0.230. The van der Waals surface area contributed by atoms with Crippen LogP contribution in [0.3, 0.4) is 0 Å². The number of nitrogens with one attached hydrogen (secondary N) is 1. The fourth-order valence-corrected chi connectivity index (χ4v) is 4.88. The lowest BCUT2D eigenvalue weighted by Crippen LogP contribution is -2.45. The summed E-state index contributed by atoms with van der Waals surface area (Å²) >= 11 is 0. The maximum absolute atomic E-state index is 13.4. The number of aromatic nitrogens is 4. The molecule has 0 bridgehead atoms. The van der Waals surface area contributed by atoms with Crippen LogP contribution in [0.5, 0.6) is 0 Å². The number of aryl methyl sites for hydroxylation is 1. The lowest BCUT2D eigenvalue weighted by atomic mass is 9.62. The Labute approximate surface area is 185 Å². The van der Waals surface area contributed by atoms with Gasteiger partial charge in [0.2, 0.25) is 5.91 Å². The molecule has 1 saturated heterocycles. The molecular weight excluding hydrogens is 408 g/mol. The van der Waals surface area contributed by atoms with Crippen molar-refractivity contribution in [1.82, 2.24) is 30.1 Å². The molecule has 1 unspecified atom stereocenters. The monoisotopic (exact) mass is 434 g/mol. The average Bonchev–Trinajstić information content (AvgIpc) is 3.52. The molecule has 32 heavy (non-hydrogen) atoms. The second-order valence-corrected chi connectivity index (χ2v) is 8.76. The number of carbonyl (C=O) groups excluding carboxylic acids is 2. The molecule has 1 spiro atoms. The first-order chi connectivity index (χ1) is 15.6. The molecule has 0 aromatic carbocycles. The first-order valence-corrected chi connectivity index (χ1v) is 11.0. The number of nitrogens with zero attached hydrogens (tertiary/aromatic N) is 5. The quantitative estimate of drug-likeness (QED) is 0.637. The molecule has 1 atom stereocenters. The van der Waals surface area contributed by atoms with E-state index in [0.717, 1.165) is 30.5 Å². The average molecular weight is 435 g/mol. The van der Waals surface area contributed by atoms with Crippen LogP contribution in [0.15, 0.2) is 47.4 Å². The minimum absolute atomic E-state index is 0.0150. The highest BCUT2D eigenvalue weighted by Crippen LogP contribution is 2.52. The number of hydrogen-bond donors (Lipinski definition) is 1. The maximum atomic E-state index is 13.4. The maximum Gasteiger partial charge on any atom is 0.276 e. The van der Waals surface area contributed by atoms with Crippen molar-refractivity contribution >= 4 is 11.8 Å². The van der Waals surface area contributed by atoms with Crippen molar-refractivity contribution in [2.24, 2.45) is 11.3 Å². The second kappa shape index (κ2) is 8.22. The zero-order valence-electron chi connectivity index (χ0n) is 18.0. The molecule has 1 N–H and O–H groups in total. The zero-order chi connectivity index (χ0) is 22.1. The van der Waals surface area contributed by atoms with E-state index in [4.69, 9.17) is 4.52 Å². The molecule has 166 valence electrons.